The average molecular weight is 399 g/mol. The number of imidazole rings is 1. The smallest absolute Gasteiger partial charge is 0.414 e. The Balaban J connectivity index is 1.48. The lowest BCUT2D eigenvalue weighted by atomic mass is 10.2. The number of amides is 2. The molecule has 11 heteroatoms. The van der Waals surface area contributed by atoms with Gasteiger partial charge >= 0.3 is 6.09 Å². The van der Waals surface area contributed by atoms with Crippen LogP contribution in [0.3, 0.4) is 0 Å². The first-order valence-electron chi connectivity index (χ1n) is 8.87. The molecule has 1 atom stereocenters. The van der Waals surface area contributed by atoms with Crippen molar-refractivity contribution < 1.29 is 18.7 Å². The van der Waals surface area contributed by atoms with Gasteiger partial charge in [-0.3, -0.25) is 9.69 Å². The molecule has 1 N–H and O–H groups in total. The monoisotopic (exact) mass is 399 g/mol. The molecular formula is C18H18FN7O3. The van der Waals surface area contributed by atoms with Gasteiger partial charge in [-0.05, 0) is 18.2 Å². The van der Waals surface area contributed by atoms with E-state index in [4.69, 9.17) is 4.74 Å². The van der Waals surface area contributed by atoms with Gasteiger partial charge in [0, 0.05) is 13.1 Å². The van der Waals surface area contributed by atoms with Gasteiger partial charge in [0.2, 0.25) is 5.91 Å². The van der Waals surface area contributed by atoms with Crippen LogP contribution in [0.5, 0.6) is 0 Å². The molecule has 29 heavy (non-hydrogen) atoms. The summed E-state index contributed by atoms with van der Waals surface area (Å²) in [5.41, 5.74) is 1.38. The van der Waals surface area contributed by atoms with E-state index in [1.165, 1.54) is 30.5 Å². The second kappa shape index (κ2) is 7.70. The molecule has 0 unspecified atom stereocenters. The molecule has 3 aromatic rings. The highest BCUT2D eigenvalue weighted by Crippen LogP contribution is 2.25. The highest BCUT2D eigenvalue weighted by atomic mass is 19.1. The fourth-order valence-corrected chi connectivity index (χ4v) is 3.03. The van der Waals surface area contributed by atoms with E-state index in [0.29, 0.717) is 23.6 Å². The number of aromatic nitrogens is 5. The maximum Gasteiger partial charge on any atom is 0.414 e. The predicted octanol–water partition coefficient (Wildman–Crippen LogP) is 1.11. The number of carbonyl (C=O) groups excluding carboxylic acids is 2. The zero-order chi connectivity index (χ0) is 20.4. The van der Waals surface area contributed by atoms with Crippen molar-refractivity contribution in [2.75, 3.05) is 18.0 Å². The summed E-state index contributed by atoms with van der Waals surface area (Å²) in [6.07, 6.45) is 5.15. The van der Waals surface area contributed by atoms with E-state index in [2.05, 4.69) is 20.4 Å². The largest absolute Gasteiger partial charge is 0.442 e. The molecule has 150 valence electrons. The Morgan fingerprint density at radius 1 is 1.38 bits per heavy atom. The number of halogens is 1. The molecule has 3 heterocycles. The van der Waals surface area contributed by atoms with Crippen LogP contribution in [0.4, 0.5) is 14.9 Å². The van der Waals surface area contributed by atoms with Crippen molar-refractivity contribution in [1.29, 1.82) is 0 Å². The Bertz CT molecular complexity index is 1030. The second-order valence-electron chi connectivity index (χ2n) is 6.55. The number of hydrogen-bond donors (Lipinski definition) is 1. The molecule has 2 aromatic heterocycles. The van der Waals surface area contributed by atoms with Crippen LogP contribution in [0, 0.1) is 5.82 Å². The number of ether oxygens (including phenoxy) is 1. The summed E-state index contributed by atoms with van der Waals surface area (Å²) in [7, 11) is 0. The summed E-state index contributed by atoms with van der Waals surface area (Å²) in [6.45, 7) is 2.24. The van der Waals surface area contributed by atoms with Crippen molar-refractivity contribution >= 4 is 17.7 Å². The number of carbonyl (C=O) groups is 2. The zero-order valence-corrected chi connectivity index (χ0v) is 15.5. The molecule has 1 fully saturated rings. The molecule has 0 spiro atoms. The second-order valence-corrected chi connectivity index (χ2v) is 6.55. The molecule has 1 aromatic carbocycles. The Morgan fingerprint density at radius 2 is 2.24 bits per heavy atom. The maximum absolute atomic E-state index is 14.7. The van der Waals surface area contributed by atoms with E-state index >= 15 is 0 Å². The van der Waals surface area contributed by atoms with Gasteiger partial charge in [-0.1, -0.05) is 0 Å². The van der Waals surface area contributed by atoms with Crippen LogP contribution in [0.1, 0.15) is 12.6 Å². The Hall–Kier alpha value is -3.76. The van der Waals surface area contributed by atoms with Crippen LogP contribution in [-0.4, -0.2) is 55.5 Å². The maximum atomic E-state index is 14.7. The van der Waals surface area contributed by atoms with Crippen molar-refractivity contribution in [3.05, 3.63) is 54.9 Å². The molecule has 10 nitrogen and oxygen atoms in total. The van der Waals surface area contributed by atoms with Gasteiger partial charge in [-0.2, -0.15) is 5.10 Å². The molecule has 0 saturated carbocycles. The lowest BCUT2D eigenvalue weighted by Crippen LogP contribution is -2.33. The molecule has 2 amide bonds. The van der Waals surface area contributed by atoms with Crippen LogP contribution >= 0.6 is 0 Å². The highest BCUT2D eigenvalue weighted by molar-refractivity contribution is 5.90. The molecule has 0 aliphatic carbocycles. The highest BCUT2D eigenvalue weighted by Gasteiger charge is 2.32. The van der Waals surface area contributed by atoms with Crippen molar-refractivity contribution in [3.63, 3.8) is 0 Å². The first-order chi connectivity index (χ1) is 14.0. The number of nitrogens with zero attached hydrogens (tertiary/aromatic N) is 6. The topological polar surface area (TPSA) is 107 Å². The number of rotatable bonds is 6. The Labute approximate surface area is 164 Å². The van der Waals surface area contributed by atoms with Gasteiger partial charge in [0.05, 0.1) is 43.0 Å². The lowest BCUT2D eigenvalue weighted by molar-refractivity contribution is -0.119. The molecule has 0 radical (unpaired) electrons. The van der Waals surface area contributed by atoms with E-state index in [1.54, 1.807) is 33.9 Å². The van der Waals surface area contributed by atoms with Crippen LogP contribution in [0.25, 0.3) is 5.69 Å². The number of hydrogen-bond acceptors (Lipinski definition) is 6. The lowest BCUT2D eigenvalue weighted by Gasteiger charge is -2.14. The number of cyclic esters (lactones) is 1. The summed E-state index contributed by atoms with van der Waals surface area (Å²) in [5, 5.41) is 6.62. The van der Waals surface area contributed by atoms with Crippen molar-refractivity contribution in [1.82, 2.24) is 29.6 Å². The van der Waals surface area contributed by atoms with Crippen LogP contribution < -0.4 is 10.2 Å². The zero-order valence-electron chi connectivity index (χ0n) is 15.5. The fourth-order valence-electron chi connectivity index (χ4n) is 3.03. The van der Waals surface area contributed by atoms with Crippen molar-refractivity contribution in [3.8, 4) is 5.69 Å². The third kappa shape index (κ3) is 4.08. The molecule has 1 aliphatic heterocycles. The van der Waals surface area contributed by atoms with Crippen LogP contribution in [0.15, 0.2) is 43.4 Å². The van der Waals surface area contributed by atoms with Gasteiger partial charge in [-0.15, -0.1) is 0 Å². The Morgan fingerprint density at radius 3 is 2.97 bits per heavy atom. The van der Waals surface area contributed by atoms with E-state index in [1.807, 2.05) is 0 Å². The summed E-state index contributed by atoms with van der Waals surface area (Å²) in [4.78, 5) is 32.6. The van der Waals surface area contributed by atoms with E-state index in [0.717, 1.165) is 0 Å². The summed E-state index contributed by atoms with van der Waals surface area (Å²) in [5.74, 6) is -0.719. The molecule has 0 bridgehead atoms. The third-order valence-electron chi connectivity index (χ3n) is 4.40. The normalized spacial score (nSPS) is 16.1. The van der Waals surface area contributed by atoms with Gasteiger partial charge in [0.1, 0.15) is 24.6 Å². The summed E-state index contributed by atoms with van der Waals surface area (Å²) < 4.78 is 23.1. The minimum atomic E-state index is -0.578. The molecule has 1 saturated heterocycles. The third-order valence-corrected chi connectivity index (χ3v) is 4.40. The van der Waals surface area contributed by atoms with E-state index in [-0.39, 0.29) is 19.0 Å². The minimum absolute atomic E-state index is 0.210. The number of nitrogens with one attached hydrogen (secondary N) is 1. The summed E-state index contributed by atoms with van der Waals surface area (Å²) >= 11 is 0. The quantitative estimate of drug-likeness (QED) is 0.666. The number of anilines is 1. The van der Waals surface area contributed by atoms with Crippen LogP contribution in [-0.2, 0) is 16.1 Å². The van der Waals surface area contributed by atoms with Gasteiger partial charge in [0.15, 0.2) is 0 Å². The van der Waals surface area contributed by atoms with Crippen molar-refractivity contribution in [2.45, 2.75) is 19.6 Å². The van der Waals surface area contributed by atoms with Gasteiger partial charge in [-0.25, -0.2) is 23.8 Å². The van der Waals surface area contributed by atoms with Crippen molar-refractivity contribution in [2.24, 2.45) is 0 Å². The molecular weight excluding hydrogens is 381 g/mol. The number of benzene rings is 1. The standard InChI is InChI=1S/C18H18FN7O3/c1-12(27)21-5-15-8-26(18(28)29-15)14-2-3-17(16(19)4-14)24-6-13(22-11-24)7-25-10-20-9-23-25/h2-4,6,9-11,15H,5,7-8H2,1H3,(H,21,27)/t15-/m0/s1. The van der Waals surface area contributed by atoms with Gasteiger partial charge < -0.3 is 14.6 Å². The first kappa shape index (κ1) is 18.6. The predicted molar refractivity (Wildman–Crippen MR) is 98.9 cm³/mol. The first-order valence-corrected chi connectivity index (χ1v) is 8.87. The fraction of sp³-hybridized carbons (Fsp3) is 0.278. The molecule has 1 aliphatic rings. The van der Waals surface area contributed by atoms with Crippen LogP contribution in [0.2, 0.25) is 0 Å². The minimum Gasteiger partial charge on any atom is -0.442 e. The van der Waals surface area contributed by atoms with Gasteiger partial charge in [0.25, 0.3) is 0 Å². The van der Waals surface area contributed by atoms with E-state index < -0.39 is 18.0 Å². The average Bonchev–Trinajstić information content (AvgIpc) is 3.42. The Kier molecular flexibility index (Phi) is 4.94. The molecule has 4 rings (SSSR count). The SMILES string of the molecule is CC(=O)NC[C@H]1CN(c2ccc(-n3cnc(Cn4cncn4)c3)c(F)c2)C(=O)O1. The summed E-state index contributed by atoms with van der Waals surface area (Å²) in [6, 6.07) is 4.48. The van der Waals surface area contributed by atoms with E-state index in [9.17, 15) is 14.0 Å².